The number of benzene rings is 1. The normalized spacial score (nSPS) is 28.9. The van der Waals surface area contributed by atoms with Crippen LogP contribution in [0.3, 0.4) is 0 Å². The van der Waals surface area contributed by atoms with Crippen molar-refractivity contribution in [3.05, 3.63) is 47.8 Å². The molecule has 1 atom stereocenters. The zero-order chi connectivity index (χ0) is 14.7. The number of halogens is 1. The molecule has 1 aromatic rings. The molecule has 3 rings (SSSR count). The SMILES string of the molecule is C=CCCC1CCC(C2CCc3cc(F)ccc3C2)CC1. The van der Waals surface area contributed by atoms with E-state index in [0.717, 1.165) is 24.2 Å². The number of fused-ring (bicyclic) bond motifs is 1. The van der Waals surface area contributed by atoms with Gasteiger partial charge in [-0.1, -0.05) is 25.0 Å². The van der Waals surface area contributed by atoms with Gasteiger partial charge >= 0.3 is 0 Å². The van der Waals surface area contributed by atoms with Crippen molar-refractivity contribution >= 4 is 0 Å². The standard InChI is InChI=1S/C20H27F/c1-2-3-4-15-5-7-16(8-6-15)17-9-10-19-14-20(21)12-11-18(19)13-17/h2,11-12,14-17H,1,3-10,13H2. The van der Waals surface area contributed by atoms with Crippen molar-refractivity contribution in [1.29, 1.82) is 0 Å². The van der Waals surface area contributed by atoms with E-state index in [-0.39, 0.29) is 5.82 Å². The van der Waals surface area contributed by atoms with Crippen molar-refractivity contribution in [3.8, 4) is 0 Å². The van der Waals surface area contributed by atoms with Crippen LogP contribution in [0.25, 0.3) is 0 Å². The fraction of sp³-hybridized carbons (Fsp3) is 0.600. The Morgan fingerprint density at radius 1 is 1.05 bits per heavy atom. The van der Waals surface area contributed by atoms with Gasteiger partial charge in [0, 0.05) is 0 Å². The van der Waals surface area contributed by atoms with Crippen LogP contribution in [0.4, 0.5) is 4.39 Å². The van der Waals surface area contributed by atoms with E-state index >= 15 is 0 Å². The molecule has 2 aliphatic rings. The van der Waals surface area contributed by atoms with Gasteiger partial charge in [0.05, 0.1) is 0 Å². The minimum absolute atomic E-state index is 0.0741. The van der Waals surface area contributed by atoms with Gasteiger partial charge in [0.1, 0.15) is 5.82 Å². The molecular formula is C20H27F. The summed E-state index contributed by atoms with van der Waals surface area (Å²) in [7, 11) is 0. The molecule has 1 heteroatoms. The molecule has 0 bridgehead atoms. The highest BCUT2D eigenvalue weighted by molar-refractivity contribution is 5.30. The summed E-state index contributed by atoms with van der Waals surface area (Å²) in [6.45, 7) is 3.83. The van der Waals surface area contributed by atoms with E-state index in [1.807, 2.05) is 6.07 Å². The highest BCUT2D eigenvalue weighted by atomic mass is 19.1. The van der Waals surface area contributed by atoms with Gasteiger partial charge in [-0.2, -0.15) is 0 Å². The first-order valence-electron chi connectivity index (χ1n) is 8.64. The molecule has 1 unspecified atom stereocenters. The van der Waals surface area contributed by atoms with Gasteiger partial charge in [-0.05, 0) is 86.0 Å². The van der Waals surface area contributed by atoms with E-state index in [9.17, 15) is 4.39 Å². The van der Waals surface area contributed by atoms with Gasteiger partial charge in [0.25, 0.3) is 0 Å². The summed E-state index contributed by atoms with van der Waals surface area (Å²) < 4.78 is 13.3. The zero-order valence-electron chi connectivity index (χ0n) is 13.0. The lowest BCUT2D eigenvalue weighted by Crippen LogP contribution is -2.26. The Morgan fingerprint density at radius 3 is 2.62 bits per heavy atom. The number of aryl methyl sites for hydroxylation is 1. The molecule has 21 heavy (non-hydrogen) atoms. The Balaban J connectivity index is 1.55. The Morgan fingerprint density at radius 2 is 1.86 bits per heavy atom. The minimum atomic E-state index is -0.0741. The van der Waals surface area contributed by atoms with E-state index in [1.165, 1.54) is 62.5 Å². The van der Waals surface area contributed by atoms with Crippen molar-refractivity contribution in [2.75, 3.05) is 0 Å². The Labute approximate surface area is 128 Å². The average molecular weight is 286 g/mol. The van der Waals surface area contributed by atoms with Crippen LogP contribution in [0, 0.1) is 23.6 Å². The molecule has 114 valence electrons. The van der Waals surface area contributed by atoms with Crippen LogP contribution < -0.4 is 0 Å². The molecule has 0 amide bonds. The summed E-state index contributed by atoms with van der Waals surface area (Å²) in [5, 5.41) is 0. The molecule has 0 spiro atoms. The molecule has 0 aromatic heterocycles. The smallest absolute Gasteiger partial charge is 0.123 e. The highest BCUT2D eigenvalue weighted by Crippen LogP contribution is 2.40. The second-order valence-corrected chi connectivity index (χ2v) is 7.06. The maximum absolute atomic E-state index is 13.3. The van der Waals surface area contributed by atoms with Crippen LogP contribution in [-0.4, -0.2) is 0 Å². The van der Waals surface area contributed by atoms with Crippen molar-refractivity contribution in [3.63, 3.8) is 0 Å². The van der Waals surface area contributed by atoms with Crippen LogP contribution >= 0.6 is 0 Å². The van der Waals surface area contributed by atoms with Crippen LogP contribution in [0.2, 0.25) is 0 Å². The van der Waals surface area contributed by atoms with Crippen molar-refractivity contribution in [2.24, 2.45) is 17.8 Å². The van der Waals surface area contributed by atoms with E-state index in [1.54, 1.807) is 12.1 Å². The fourth-order valence-corrected chi connectivity index (χ4v) is 4.46. The fourth-order valence-electron chi connectivity index (χ4n) is 4.46. The van der Waals surface area contributed by atoms with Gasteiger partial charge in [-0.15, -0.1) is 6.58 Å². The maximum Gasteiger partial charge on any atom is 0.123 e. The topological polar surface area (TPSA) is 0 Å². The number of rotatable bonds is 4. The molecule has 1 aromatic carbocycles. The Bertz CT molecular complexity index is 483. The monoisotopic (exact) mass is 286 g/mol. The van der Waals surface area contributed by atoms with Crippen LogP contribution in [0.15, 0.2) is 30.9 Å². The van der Waals surface area contributed by atoms with Crippen LogP contribution in [-0.2, 0) is 12.8 Å². The lowest BCUT2D eigenvalue weighted by Gasteiger charge is -2.36. The van der Waals surface area contributed by atoms with E-state index < -0.39 is 0 Å². The first kappa shape index (κ1) is 14.8. The molecule has 0 aliphatic heterocycles. The lowest BCUT2D eigenvalue weighted by atomic mass is 9.69. The van der Waals surface area contributed by atoms with Gasteiger partial charge in [0.2, 0.25) is 0 Å². The maximum atomic E-state index is 13.3. The lowest BCUT2D eigenvalue weighted by molar-refractivity contribution is 0.185. The summed E-state index contributed by atoms with van der Waals surface area (Å²) >= 11 is 0. The summed E-state index contributed by atoms with van der Waals surface area (Å²) in [4.78, 5) is 0. The average Bonchev–Trinajstić information content (AvgIpc) is 2.53. The van der Waals surface area contributed by atoms with E-state index in [4.69, 9.17) is 0 Å². The largest absolute Gasteiger partial charge is 0.207 e. The quantitative estimate of drug-likeness (QED) is 0.622. The van der Waals surface area contributed by atoms with Crippen molar-refractivity contribution in [2.45, 2.75) is 57.8 Å². The summed E-state index contributed by atoms with van der Waals surface area (Å²) in [6.07, 6.45) is 13.7. The third kappa shape index (κ3) is 3.56. The van der Waals surface area contributed by atoms with E-state index in [0.29, 0.717) is 0 Å². The molecule has 0 radical (unpaired) electrons. The summed E-state index contributed by atoms with van der Waals surface area (Å²) in [6, 6.07) is 5.40. The molecule has 1 saturated carbocycles. The van der Waals surface area contributed by atoms with Gasteiger partial charge in [-0.3, -0.25) is 0 Å². The zero-order valence-corrected chi connectivity index (χ0v) is 13.0. The Kier molecular flexibility index (Phi) is 4.77. The summed E-state index contributed by atoms with van der Waals surface area (Å²) in [5.74, 6) is 2.60. The van der Waals surface area contributed by atoms with Crippen LogP contribution in [0.5, 0.6) is 0 Å². The van der Waals surface area contributed by atoms with Gasteiger partial charge in [-0.25, -0.2) is 4.39 Å². The second-order valence-electron chi connectivity index (χ2n) is 7.06. The molecule has 0 nitrogen and oxygen atoms in total. The molecule has 0 heterocycles. The first-order chi connectivity index (χ1) is 10.3. The molecule has 0 N–H and O–H groups in total. The second kappa shape index (κ2) is 6.77. The first-order valence-corrected chi connectivity index (χ1v) is 8.64. The molecule has 2 aliphatic carbocycles. The summed E-state index contributed by atoms with van der Waals surface area (Å²) in [5.41, 5.74) is 2.66. The van der Waals surface area contributed by atoms with Gasteiger partial charge in [0.15, 0.2) is 0 Å². The number of hydrogen-bond acceptors (Lipinski definition) is 0. The van der Waals surface area contributed by atoms with Gasteiger partial charge < -0.3 is 0 Å². The number of allylic oxidation sites excluding steroid dienone is 1. The van der Waals surface area contributed by atoms with E-state index in [2.05, 4.69) is 12.7 Å². The van der Waals surface area contributed by atoms with Crippen molar-refractivity contribution < 1.29 is 4.39 Å². The third-order valence-electron chi connectivity index (χ3n) is 5.77. The highest BCUT2D eigenvalue weighted by Gasteiger charge is 2.29. The molecule has 1 fully saturated rings. The Hall–Kier alpha value is -1.11. The predicted molar refractivity (Wildman–Crippen MR) is 86.8 cm³/mol. The van der Waals surface area contributed by atoms with Crippen LogP contribution in [0.1, 0.15) is 56.1 Å². The van der Waals surface area contributed by atoms with Crippen molar-refractivity contribution in [1.82, 2.24) is 0 Å². The molecule has 0 saturated heterocycles. The predicted octanol–water partition coefficient (Wildman–Crippen LogP) is 5.70. The third-order valence-corrected chi connectivity index (χ3v) is 5.77. The molecular weight excluding hydrogens is 259 g/mol. The number of hydrogen-bond donors (Lipinski definition) is 0. The minimum Gasteiger partial charge on any atom is -0.207 e.